The zero-order valence-electron chi connectivity index (χ0n) is 13.0. The van der Waals surface area contributed by atoms with Gasteiger partial charge in [0.25, 0.3) is 0 Å². The molecule has 0 fully saturated rings. The largest absolute Gasteiger partial charge is 0.491 e. The smallest absolute Gasteiger partial charge is 0.142 e. The summed E-state index contributed by atoms with van der Waals surface area (Å²) in [5.41, 5.74) is 9.46. The molecule has 1 atom stereocenters. The third kappa shape index (κ3) is 4.52. The Morgan fingerprint density at radius 3 is 2.52 bits per heavy atom. The molecule has 0 bridgehead atoms. The second-order valence-electron chi connectivity index (χ2n) is 5.54. The average molecular weight is 283 g/mol. The van der Waals surface area contributed by atoms with Gasteiger partial charge in [0.2, 0.25) is 0 Å². The van der Waals surface area contributed by atoms with Gasteiger partial charge in [-0.05, 0) is 48.4 Å². The van der Waals surface area contributed by atoms with E-state index >= 15 is 0 Å². The van der Waals surface area contributed by atoms with E-state index in [1.54, 1.807) is 0 Å². The second-order valence-corrected chi connectivity index (χ2v) is 5.54. The lowest BCUT2D eigenvalue weighted by Gasteiger charge is -2.13. The fourth-order valence-corrected chi connectivity index (χ4v) is 2.34. The van der Waals surface area contributed by atoms with Gasteiger partial charge < -0.3 is 10.5 Å². The first-order valence-corrected chi connectivity index (χ1v) is 7.77. The molecular weight excluding hydrogens is 258 g/mol. The Morgan fingerprint density at radius 2 is 1.86 bits per heavy atom. The van der Waals surface area contributed by atoms with Crippen LogP contribution in [0.4, 0.5) is 5.69 Å². The Labute approximate surface area is 127 Å². The molecule has 2 N–H and O–H groups in total. The summed E-state index contributed by atoms with van der Waals surface area (Å²) in [5, 5.41) is 0. The van der Waals surface area contributed by atoms with Crippen molar-refractivity contribution in [2.45, 2.75) is 39.0 Å². The number of anilines is 1. The number of nitrogen functional groups attached to an aromatic ring is 1. The molecule has 0 aromatic heterocycles. The molecule has 2 aromatic rings. The molecular formula is C19H25NO. The summed E-state index contributed by atoms with van der Waals surface area (Å²) < 4.78 is 5.80. The summed E-state index contributed by atoms with van der Waals surface area (Å²) in [4.78, 5) is 0. The van der Waals surface area contributed by atoms with E-state index in [1.807, 2.05) is 18.2 Å². The Kier molecular flexibility index (Phi) is 5.68. The normalized spacial score (nSPS) is 12.1. The summed E-state index contributed by atoms with van der Waals surface area (Å²) in [6.07, 6.45) is 3.15. The Hall–Kier alpha value is -1.96. The van der Waals surface area contributed by atoms with E-state index in [-0.39, 0.29) is 0 Å². The summed E-state index contributed by atoms with van der Waals surface area (Å²) in [6, 6.07) is 16.6. The zero-order valence-corrected chi connectivity index (χ0v) is 13.0. The van der Waals surface area contributed by atoms with Crippen LogP contribution < -0.4 is 10.5 Å². The van der Waals surface area contributed by atoms with E-state index in [0.717, 1.165) is 30.7 Å². The molecule has 2 heteroatoms. The van der Waals surface area contributed by atoms with Gasteiger partial charge in [0.05, 0.1) is 12.3 Å². The SMILES string of the molecule is CCC(C)c1ccc(OCCCc2ccccc2)c(N)c1. The van der Waals surface area contributed by atoms with Crippen LogP contribution in [0.25, 0.3) is 0 Å². The van der Waals surface area contributed by atoms with Crippen LogP contribution in [0.15, 0.2) is 48.5 Å². The van der Waals surface area contributed by atoms with Crippen molar-refractivity contribution < 1.29 is 4.74 Å². The monoisotopic (exact) mass is 283 g/mol. The molecule has 2 rings (SSSR count). The van der Waals surface area contributed by atoms with Gasteiger partial charge in [-0.15, -0.1) is 0 Å². The van der Waals surface area contributed by atoms with E-state index in [0.29, 0.717) is 12.5 Å². The highest BCUT2D eigenvalue weighted by molar-refractivity contribution is 5.54. The van der Waals surface area contributed by atoms with Crippen molar-refractivity contribution in [3.63, 3.8) is 0 Å². The van der Waals surface area contributed by atoms with Crippen molar-refractivity contribution in [2.24, 2.45) is 0 Å². The molecule has 0 spiro atoms. The first kappa shape index (κ1) is 15.4. The highest BCUT2D eigenvalue weighted by Crippen LogP contribution is 2.27. The lowest BCUT2D eigenvalue weighted by molar-refractivity contribution is 0.312. The maximum Gasteiger partial charge on any atom is 0.142 e. The second kappa shape index (κ2) is 7.72. The van der Waals surface area contributed by atoms with E-state index in [2.05, 4.69) is 44.2 Å². The fourth-order valence-electron chi connectivity index (χ4n) is 2.34. The van der Waals surface area contributed by atoms with Crippen molar-refractivity contribution >= 4 is 5.69 Å². The van der Waals surface area contributed by atoms with Crippen LogP contribution in [0.5, 0.6) is 5.75 Å². The van der Waals surface area contributed by atoms with E-state index in [4.69, 9.17) is 10.5 Å². The van der Waals surface area contributed by atoms with Crippen LogP contribution >= 0.6 is 0 Å². The van der Waals surface area contributed by atoms with Gasteiger partial charge in [0.15, 0.2) is 0 Å². The van der Waals surface area contributed by atoms with Crippen molar-refractivity contribution in [3.05, 3.63) is 59.7 Å². The van der Waals surface area contributed by atoms with Gasteiger partial charge >= 0.3 is 0 Å². The molecule has 0 radical (unpaired) electrons. The number of nitrogens with two attached hydrogens (primary N) is 1. The molecule has 0 saturated carbocycles. The maximum atomic E-state index is 6.08. The topological polar surface area (TPSA) is 35.2 Å². The highest BCUT2D eigenvalue weighted by Gasteiger charge is 2.06. The summed E-state index contributed by atoms with van der Waals surface area (Å²) in [6.45, 7) is 5.10. The van der Waals surface area contributed by atoms with Gasteiger partial charge in [-0.1, -0.05) is 50.2 Å². The van der Waals surface area contributed by atoms with Gasteiger partial charge in [0.1, 0.15) is 5.75 Å². The van der Waals surface area contributed by atoms with E-state index in [9.17, 15) is 0 Å². The Bertz CT molecular complexity index is 551. The van der Waals surface area contributed by atoms with Crippen LogP contribution in [-0.4, -0.2) is 6.61 Å². The van der Waals surface area contributed by atoms with Gasteiger partial charge in [-0.25, -0.2) is 0 Å². The molecule has 2 aromatic carbocycles. The molecule has 0 aliphatic rings. The quantitative estimate of drug-likeness (QED) is 0.585. The summed E-state index contributed by atoms with van der Waals surface area (Å²) in [5.74, 6) is 1.34. The lowest BCUT2D eigenvalue weighted by atomic mass is 9.98. The van der Waals surface area contributed by atoms with Gasteiger partial charge in [0, 0.05) is 0 Å². The van der Waals surface area contributed by atoms with Crippen molar-refractivity contribution in [1.29, 1.82) is 0 Å². The number of benzene rings is 2. The van der Waals surface area contributed by atoms with Crippen molar-refractivity contribution in [3.8, 4) is 5.75 Å². The molecule has 0 amide bonds. The van der Waals surface area contributed by atoms with Crippen LogP contribution in [0.2, 0.25) is 0 Å². The first-order chi connectivity index (χ1) is 10.2. The van der Waals surface area contributed by atoms with Crippen LogP contribution in [0.1, 0.15) is 43.7 Å². The minimum Gasteiger partial charge on any atom is -0.491 e. The zero-order chi connectivity index (χ0) is 15.1. The third-order valence-electron chi connectivity index (χ3n) is 3.93. The van der Waals surface area contributed by atoms with Crippen LogP contribution in [0.3, 0.4) is 0 Å². The standard InChI is InChI=1S/C19H25NO/c1-3-15(2)17-11-12-19(18(20)14-17)21-13-7-10-16-8-5-4-6-9-16/h4-6,8-9,11-12,14-15H,3,7,10,13,20H2,1-2H3. The number of rotatable bonds is 7. The Morgan fingerprint density at radius 1 is 1.10 bits per heavy atom. The number of ether oxygens (including phenoxy) is 1. The molecule has 1 unspecified atom stereocenters. The molecule has 0 aliphatic heterocycles. The number of hydrogen-bond donors (Lipinski definition) is 1. The predicted octanol–water partition coefficient (Wildman–Crippen LogP) is 4.79. The molecule has 112 valence electrons. The highest BCUT2D eigenvalue weighted by atomic mass is 16.5. The molecule has 0 heterocycles. The molecule has 21 heavy (non-hydrogen) atoms. The van der Waals surface area contributed by atoms with Crippen molar-refractivity contribution in [2.75, 3.05) is 12.3 Å². The van der Waals surface area contributed by atoms with Gasteiger partial charge in [-0.3, -0.25) is 0 Å². The molecule has 0 aliphatic carbocycles. The van der Waals surface area contributed by atoms with E-state index in [1.165, 1.54) is 11.1 Å². The number of aryl methyl sites for hydroxylation is 1. The minimum absolute atomic E-state index is 0.541. The van der Waals surface area contributed by atoms with E-state index < -0.39 is 0 Å². The summed E-state index contributed by atoms with van der Waals surface area (Å²) in [7, 11) is 0. The van der Waals surface area contributed by atoms with Crippen molar-refractivity contribution in [1.82, 2.24) is 0 Å². The third-order valence-corrected chi connectivity index (χ3v) is 3.93. The number of hydrogen-bond acceptors (Lipinski definition) is 2. The lowest BCUT2D eigenvalue weighted by Crippen LogP contribution is -2.03. The molecule has 2 nitrogen and oxygen atoms in total. The minimum atomic E-state index is 0.541. The average Bonchev–Trinajstić information content (AvgIpc) is 2.53. The predicted molar refractivity (Wildman–Crippen MR) is 89.8 cm³/mol. The van der Waals surface area contributed by atoms with Crippen LogP contribution in [-0.2, 0) is 6.42 Å². The maximum absolute atomic E-state index is 6.08. The first-order valence-electron chi connectivity index (χ1n) is 7.77. The fraction of sp³-hybridized carbons (Fsp3) is 0.368. The molecule has 0 saturated heterocycles. The van der Waals surface area contributed by atoms with Crippen LogP contribution in [0, 0.1) is 0 Å². The Balaban J connectivity index is 1.83. The van der Waals surface area contributed by atoms with Gasteiger partial charge in [-0.2, -0.15) is 0 Å². The summed E-state index contributed by atoms with van der Waals surface area (Å²) >= 11 is 0.